The quantitative estimate of drug-likeness (QED) is 0.151. The molecule has 0 radical (unpaired) electrons. The van der Waals surface area contributed by atoms with Crippen molar-refractivity contribution in [1.29, 1.82) is 0 Å². The Balaban J connectivity index is 2.27. The molecule has 0 aliphatic heterocycles. The number of unbranched alkanes of at least 4 members (excludes halogenated alkanes) is 2. The molecule has 0 saturated heterocycles. The normalized spacial score (nSPS) is 11.3. The molecule has 1 aromatic carbocycles. The Morgan fingerprint density at radius 1 is 1.04 bits per heavy atom. The van der Waals surface area contributed by atoms with Gasteiger partial charge in [-0.1, -0.05) is 0 Å². The van der Waals surface area contributed by atoms with Gasteiger partial charge in [0.15, 0.2) is 0 Å². The summed E-state index contributed by atoms with van der Waals surface area (Å²) >= 11 is 0. The summed E-state index contributed by atoms with van der Waals surface area (Å²) in [6.07, 6.45) is -0.978. The van der Waals surface area contributed by atoms with E-state index >= 15 is 0 Å². The van der Waals surface area contributed by atoms with Crippen LogP contribution in [-0.4, -0.2) is 34.8 Å². The smallest absolute Gasteiger partial charge is 0.425 e. The van der Waals surface area contributed by atoms with Crippen LogP contribution in [0.1, 0.15) is 32.6 Å². The largest absolute Gasteiger partial charge is 0.516 e. The van der Waals surface area contributed by atoms with Crippen molar-refractivity contribution in [1.82, 2.24) is 0 Å². The van der Waals surface area contributed by atoms with Crippen LogP contribution in [0.3, 0.4) is 0 Å². The maximum absolute atomic E-state index is 11.6. The number of nitro groups is 2. The second-order valence-corrected chi connectivity index (χ2v) is 5.15. The molecule has 0 aromatic heterocycles. The monoisotopic (exact) mass is 370 g/mol. The zero-order valence-electron chi connectivity index (χ0n) is 14.0. The van der Waals surface area contributed by atoms with E-state index in [1.54, 1.807) is 0 Å². The van der Waals surface area contributed by atoms with E-state index in [2.05, 4.69) is 0 Å². The van der Waals surface area contributed by atoms with Crippen molar-refractivity contribution >= 4 is 17.8 Å². The molecule has 1 aromatic rings. The number of non-ortho nitro benzene ring substituents is 1. The molecule has 11 heteroatoms. The van der Waals surface area contributed by atoms with Crippen LogP contribution in [0.4, 0.5) is 10.5 Å². The van der Waals surface area contributed by atoms with Gasteiger partial charge in [-0.2, -0.15) is 0 Å². The standard InChI is InChI=1S/C15H18N2O9/c1-11(24-14(18)5-3-2-4-10-16(20)21)25-15(19)26-13-8-6-12(7-9-13)17(22)23/h6-9,11H,2-5,10H2,1H3. The van der Waals surface area contributed by atoms with Gasteiger partial charge in [0, 0.05) is 36.8 Å². The average Bonchev–Trinajstić information content (AvgIpc) is 2.54. The summed E-state index contributed by atoms with van der Waals surface area (Å²) in [5, 5.41) is 20.7. The van der Waals surface area contributed by atoms with Gasteiger partial charge < -0.3 is 14.2 Å². The van der Waals surface area contributed by atoms with E-state index in [0.717, 1.165) is 12.1 Å². The molecule has 26 heavy (non-hydrogen) atoms. The number of carbonyl (C=O) groups excluding carboxylic acids is 2. The number of carbonyl (C=O) groups is 2. The number of rotatable bonds is 10. The van der Waals surface area contributed by atoms with Gasteiger partial charge in [-0.05, 0) is 25.0 Å². The maximum Gasteiger partial charge on any atom is 0.516 e. The van der Waals surface area contributed by atoms with Crippen molar-refractivity contribution in [3.05, 3.63) is 44.5 Å². The van der Waals surface area contributed by atoms with E-state index < -0.39 is 28.3 Å². The van der Waals surface area contributed by atoms with Gasteiger partial charge in [0.2, 0.25) is 12.8 Å². The molecule has 0 fully saturated rings. The van der Waals surface area contributed by atoms with Gasteiger partial charge in [-0.25, -0.2) is 4.79 Å². The van der Waals surface area contributed by atoms with Gasteiger partial charge in [-0.15, -0.1) is 0 Å². The highest BCUT2D eigenvalue weighted by atomic mass is 16.8. The minimum atomic E-state index is -1.19. The first-order valence-electron chi connectivity index (χ1n) is 7.72. The minimum Gasteiger partial charge on any atom is -0.425 e. The lowest BCUT2D eigenvalue weighted by atomic mass is 10.2. The number of ether oxygens (including phenoxy) is 3. The molecule has 0 spiro atoms. The SMILES string of the molecule is CC(OC(=O)CCCCC[N+](=O)[O-])OC(=O)Oc1ccc([N+](=O)[O-])cc1. The Kier molecular flexibility index (Phi) is 8.47. The lowest BCUT2D eigenvalue weighted by Crippen LogP contribution is -2.23. The van der Waals surface area contributed by atoms with Crippen LogP contribution in [0.2, 0.25) is 0 Å². The molecule has 0 saturated carbocycles. The summed E-state index contributed by atoms with van der Waals surface area (Å²) in [5.41, 5.74) is -0.161. The Labute approximate surface area is 148 Å². The molecule has 0 amide bonds. The molecule has 0 heterocycles. The molecule has 142 valence electrons. The molecule has 0 bridgehead atoms. The Morgan fingerprint density at radius 2 is 1.69 bits per heavy atom. The first-order chi connectivity index (χ1) is 12.3. The lowest BCUT2D eigenvalue weighted by Gasteiger charge is -2.13. The third-order valence-electron chi connectivity index (χ3n) is 3.03. The molecule has 1 unspecified atom stereocenters. The Hall–Kier alpha value is -3.24. The summed E-state index contributed by atoms with van der Waals surface area (Å²) in [4.78, 5) is 42.7. The molecule has 0 aliphatic rings. The summed E-state index contributed by atoms with van der Waals surface area (Å²) in [5.74, 6) is -0.577. The van der Waals surface area contributed by atoms with Crippen molar-refractivity contribution < 1.29 is 33.6 Å². The van der Waals surface area contributed by atoms with Crippen LogP contribution in [0.15, 0.2) is 24.3 Å². The van der Waals surface area contributed by atoms with Crippen molar-refractivity contribution in [3.8, 4) is 5.75 Å². The van der Waals surface area contributed by atoms with Crippen molar-refractivity contribution in [2.75, 3.05) is 6.54 Å². The van der Waals surface area contributed by atoms with Gasteiger partial charge in [0.25, 0.3) is 5.69 Å². The molecule has 1 rings (SSSR count). The second-order valence-electron chi connectivity index (χ2n) is 5.15. The van der Waals surface area contributed by atoms with E-state index in [1.165, 1.54) is 19.1 Å². The van der Waals surface area contributed by atoms with E-state index in [0.29, 0.717) is 19.3 Å². The molecule has 1 atom stereocenters. The zero-order chi connectivity index (χ0) is 19.5. The van der Waals surface area contributed by atoms with Gasteiger partial charge in [0.1, 0.15) is 5.75 Å². The molecular weight excluding hydrogens is 352 g/mol. The summed E-state index contributed by atoms with van der Waals surface area (Å²) < 4.78 is 14.4. The van der Waals surface area contributed by atoms with Crippen molar-refractivity contribution in [2.45, 2.75) is 38.9 Å². The number of esters is 1. The highest BCUT2D eigenvalue weighted by Gasteiger charge is 2.16. The van der Waals surface area contributed by atoms with Gasteiger partial charge in [0.05, 0.1) is 4.92 Å². The first kappa shape index (κ1) is 20.8. The van der Waals surface area contributed by atoms with Gasteiger partial charge in [-0.3, -0.25) is 25.0 Å². The average molecular weight is 370 g/mol. The number of nitrogens with zero attached hydrogens (tertiary/aromatic N) is 2. The van der Waals surface area contributed by atoms with Crippen LogP contribution >= 0.6 is 0 Å². The van der Waals surface area contributed by atoms with E-state index in [4.69, 9.17) is 14.2 Å². The molecular formula is C15H18N2O9. The molecule has 0 aliphatic carbocycles. The number of hydrogen-bond donors (Lipinski definition) is 0. The van der Waals surface area contributed by atoms with Crippen molar-refractivity contribution in [3.63, 3.8) is 0 Å². The predicted octanol–water partition coefficient (Wildman–Crippen LogP) is 2.84. The second kappa shape index (κ2) is 10.6. The number of nitro benzene ring substituents is 1. The highest BCUT2D eigenvalue weighted by molar-refractivity contribution is 5.70. The van der Waals surface area contributed by atoms with E-state index in [1.807, 2.05) is 0 Å². The van der Waals surface area contributed by atoms with E-state index in [9.17, 15) is 29.8 Å². The van der Waals surface area contributed by atoms with Crippen LogP contribution in [0.25, 0.3) is 0 Å². The highest BCUT2D eigenvalue weighted by Crippen LogP contribution is 2.18. The van der Waals surface area contributed by atoms with Gasteiger partial charge >= 0.3 is 12.1 Å². The topological polar surface area (TPSA) is 148 Å². The van der Waals surface area contributed by atoms with Crippen LogP contribution in [0, 0.1) is 20.2 Å². The molecule has 11 nitrogen and oxygen atoms in total. The summed E-state index contributed by atoms with van der Waals surface area (Å²) in [6.45, 7) is 1.17. The Bertz CT molecular complexity index is 645. The fraction of sp³-hybridized carbons (Fsp3) is 0.467. The fourth-order valence-corrected chi connectivity index (χ4v) is 1.85. The third-order valence-corrected chi connectivity index (χ3v) is 3.03. The fourth-order valence-electron chi connectivity index (χ4n) is 1.85. The van der Waals surface area contributed by atoms with Crippen LogP contribution in [-0.2, 0) is 14.3 Å². The lowest BCUT2D eigenvalue weighted by molar-refractivity contribution is -0.480. The van der Waals surface area contributed by atoms with Crippen molar-refractivity contribution in [2.24, 2.45) is 0 Å². The van der Waals surface area contributed by atoms with Crippen LogP contribution < -0.4 is 4.74 Å². The maximum atomic E-state index is 11.6. The Morgan fingerprint density at radius 3 is 2.27 bits per heavy atom. The van der Waals surface area contributed by atoms with E-state index in [-0.39, 0.29) is 24.4 Å². The number of benzene rings is 1. The molecule has 0 N–H and O–H groups in total. The van der Waals surface area contributed by atoms with Crippen LogP contribution in [0.5, 0.6) is 5.75 Å². The zero-order valence-corrected chi connectivity index (χ0v) is 14.0. The predicted molar refractivity (Wildman–Crippen MR) is 86.1 cm³/mol. The minimum absolute atomic E-state index is 0.0323. The summed E-state index contributed by atoms with van der Waals surface area (Å²) in [7, 11) is 0. The summed E-state index contributed by atoms with van der Waals surface area (Å²) in [6, 6.07) is 4.76. The first-order valence-corrected chi connectivity index (χ1v) is 7.72. The number of hydrogen-bond acceptors (Lipinski definition) is 9. The third kappa shape index (κ3) is 8.57.